The van der Waals surface area contributed by atoms with Crippen LogP contribution >= 0.6 is 11.3 Å². The van der Waals surface area contributed by atoms with Crippen molar-refractivity contribution in [1.29, 1.82) is 0 Å². The fraction of sp³-hybridized carbons (Fsp3) is 0. The molecule has 0 aliphatic carbocycles. The Hall–Kier alpha value is -6.43. The lowest BCUT2D eigenvalue weighted by molar-refractivity contribution is 1.07. The number of benzene rings is 7. The van der Waals surface area contributed by atoms with Crippen LogP contribution in [-0.4, -0.2) is 19.5 Å². The zero-order chi connectivity index (χ0) is 33.0. The topological polar surface area (TPSA) is 43.6 Å². The number of hydrogen-bond donors (Lipinski definition) is 0. The minimum Gasteiger partial charge on any atom is -0.309 e. The second-order valence-corrected chi connectivity index (χ2v) is 13.5. The summed E-state index contributed by atoms with van der Waals surface area (Å²) in [5.74, 6) is 1.99. The van der Waals surface area contributed by atoms with Crippen molar-refractivity contribution in [3.05, 3.63) is 170 Å². The molecular weight excluding hydrogens is 629 g/mol. The molecule has 0 N–H and O–H groups in total. The molecule has 3 heterocycles. The summed E-state index contributed by atoms with van der Waals surface area (Å²) in [5, 5.41) is 5.00. The van der Waals surface area contributed by atoms with E-state index in [2.05, 4.69) is 114 Å². The first-order chi connectivity index (χ1) is 24.8. The average molecular weight is 657 g/mol. The third-order valence-electron chi connectivity index (χ3n) is 9.45. The molecule has 0 atom stereocenters. The van der Waals surface area contributed by atoms with E-state index in [0.717, 1.165) is 22.4 Å². The van der Waals surface area contributed by atoms with Crippen molar-refractivity contribution < 1.29 is 0 Å². The Kier molecular flexibility index (Phi) is 6.64. The fourth-order valence-corrected chi connectivity index (χ4v) is 8.30. The van der Waals surface area contributed by atoms with Gasteiger partial charge in [0.1, 0.15) is 0 Å². The molecular formula is C45H28N4S. The molecule has 234 valence electrons. The molecule has 0 fully saturated rings. The normalized spacial score (nSPS) is 11.6. The minimum atomic E-state index is 0.664. The molecule has 0 radical (unpaired) electrons. The predicted octanol–water partition coefficient (Wildman–Crippen LogP) is 12.0. The molecule has 0 saturated carbocycles. The summed E-state index contributed by atoms with van der Waals surface area (Å²) in [6.45, 7) is 0. The first kappa shape index (κ1) is 28.6. The summed E-state index contributed by atoms with van der Waals surface area (Å²) in [5.41, 5.74) is 8.91. The molecule has 0 unspecified atom stereocenters. The van der Waals surface area contributed by atoms with Crippen molar-refractivity contribution in [2.75, 3.05) is 0 Å². The lowest BCUT2D eigenvalue weighted by Crippen LogP contribution is -1.99. The van der Waals surface area contributed by atoms with Gasteiger partial charge in [0, 0.05) is 58.9 Å². The molecule has 10 rings (SSSR count). The molecule has 0 aliphatic heterocycles. The monoisotopic (exact) mass is 656 g/mol. The highest BCUT2D eigenvalue weighted by Crippen LogP contribution is 2.42. The van der Waals surface area contributed by atoms with Crippen LogP contribution in [0.4, 0.5) is 0 Å². The van der Waals surface area contributed by atoms with Crippen LogP contribution in [0.25, 0.3) is 93.0 Å². The number of rotatable bonds is 5. The largest absolute Gasteiger partial charge is 0.309 e. The zero-order valence-electron chi connectivity index (χ0n) is 26.9. The van der Waals surface area contributed by atoms with E-state index in [1.54, 1.807) is 0 Å². The van der Waals surface area contributed by atoms with Crippen LogP contribution in [0.15, 0.2) is 170 Å². The molecule has 7 aromatic carbocycles. The Morgan fingerprint density at radius 3 is 1.56 bits per heavy atom. The van der Waals surface area contributed by atoms with E-state index in [1.165, 1.54) is 53.1 Å². The highest BCUT2D eigenvalue weighted by Gasteiger charge is 2.18. The Morgan fingerprint density at radius 1 is 0.380 bits per heavy atom. The van der Waals surface area contributed by atoms with Gasteiger partial charge in [-0.2, -0.15) is 0 Å². The van der Waals surface area contributed by atoms with Gasteiger partial charge in [0.25, 0.3) is 0 Å². The smallest absolute Gasteiger partial charge is 0.164 e. The second kappa shape index (κ2) is 11.6. The van der Waals surface area contributed by atoms with Gasteiger partial charge in [-0.25, -0.2) is 15.0 Å². The van der Waals surface area contributed by atoms with E-state index in [9.17, 15) is 0 Å². The van der Waals surface area contributed by atoms with Crippen molar-refractivity contribution in [1.82, 2.24) is 19.5 Å². The first-order valence-corrected chi connectivity index (χ1v) is 17.5. The maximum atomic E-state index is 4.97. The van der Waals surface area contributed by atoms with Crippen LogP contribution in [0.1, 0.15) is 0 Å². The van der Waals surface area contributed by atoms with Gasteiger partial charge < -0.3 is 4.57 Å². The number of aromatic nitrogens is 4. The summed E-state index contributed by atoms with van der Waals surface area (Å²) in [6, 6.07) is 59.8. The van der Waals surface area contributed by atoms with Gasteiger partial charge >= 0.3 is 0 Å². The van der Waals surface area contributed by atoms with Crippen LogP contribution in [0.3, 0.4) is 0 Å². The van der Waals surface area contributed by atoms with Crippen molar-refractivity contribution in [3.8, 4) is 51.0 Å². The molecule has 3 aromatic heterocycles. The van der Waals surface area contributed by atoms with Gasteiger partial charge in [0.05, 0.1) is 11.0 Å². The predicted molar refractivity (Wildman–Crippen MR) is 209 cm³/mol. The maximum absolute atomic E-state index is 4.97. The first-order valence-electron chi connectivity index (χ1n) is 16.7. The Balaban J connectivity index is 1.12. The molecule has 0 spiro atoms. The Morgan fingerprint density at radius 2 is 0.900 bits per heavy atom. The molecule has 5 heteroatoms. The van der Waals surface area contributed by atoms with Crippen molar-refractivity contribution in [2.24, 2.45) is 0 Å². The summed E-state index contributed by atoms with van der Waals surface area (Å²) in [7, 11) is 0. The minimum absolute atomic E-state index is 0.664. The van der Waals surface area contributed by atoms with Crippen molar-refractivity contribution in [2.45, 2.75) is 0 Å². The van der Waals surface area contributed by atoms with E-state index in [-0.39, 0.29) is 0 Å². The molecule has 10 aromatic rings. The molecule has 4 nitrogen and oxygen atoms in total. The Bertz CT molecular complexity index is 2800. The van der Waals surface area contributed by atoms with Crippen LogP contribution in [0.5, 0.6) is 0 Å². The number of thiophene rings is 1. The van der Waals surface area contributed by atoms with E-state index in [1.807, 2.05) is 72.0 Å². The van der Waals surface area contributed by atoms with E-state index >= 15 is 0 Å². The number of hydrogen-bond acceptors (Lipinski definition) is 4. The molecule has 0 aliphatic rings. The maximum Gasteiger partial charge on any atom is 0.164 e. The summed E-state index contributed by atoms with van der Waals surface area (Å²) >= 11 is 1.81. The fourth-order valence-electron chi connectivity index (χ4n) is 7.12. The quantitative estimate of drug-likeness (QED) is 0.185. The Labute approximate surface area is 292 Å². The molecule has 0 saturated heterocycles. The number of nitrogens with zero attached hydrogens (tertiary/aromatic N) is 4. The SMILES string of the molecule is c1ccc(-c2nc(-c3ccccc3)nc(-c3ccc4c(c3)sc3cc(-c5cccc6c7ccccc7n(-c7ccccc7)c56)ccc34)n2)cc1. The van der Waals surface area contributed by atoms with Gasteiger partial charge in [-0.05, 0) is 35.9 Å². The lowest BCUT2D eigenvalue weighted by Gasteiger charge is -2.11. The highest BCUT2D eigenvalue weighted by atomic mass is 32.1. The second-order valence-electron chi connectivity index (χ2n) is 12.5. The van der Waals surface area contributed by atoms with E-state index in [4.69, 9.17) is 15.0 Å². The average Bonchev–Trinajstić information content (AvgIpc) is 3.74. The number of fused-ring (bicyclic) bond motifs is 6. The number of para-hydroxylation sites is 3. The standard InChI is InChI=1S/C45H28N4S/c1-4-13-29(14-5-1)43-46-44(30-15-6-2-7-16-30)48-45(47-43)32-24-26-37-36-25-23-31(27-40(36)50-41(37)28-32)34-20-12-21-38-35-19-10-11-22-39(35)49(42(34)38)33-17-8-3-9-18-33/h1-28H. The van der Waals surface area contributed by atoms with Crippen molar-refractivity contribution >= 4 is 53.3 Å². The van der Waals surface area contributed by atoms with Gasteiger partial charge in [0.2, 0.25) is 0 Å². The van der Waals surface area contributed by atoms with Gasteiger partial charge in [-0.15, -0.1) is 11.3 Å². The van der Waals surface area contributed by atoms with Crippen molar-refractivity contribution in [3.63, 3.8) is 0 Å². The highest BCUT2D eigenvalue weighted by molar-refractivity contribution is 7.25. The van der Waals surface area contributed by atoms with Gasteiger partial charge in [0.15, 0.2) is 17.5 Å². The van der Waals surface area contributed by atoms with Crippen LogP contribution < -0.4 is 0 Å². The molecule has 0 bridgehead atoms. The van der Waals surface area contributed by atoms with Crippen LogP contribution in [0.2, 0.25) is 0 Å². The van der Waals surface area contributed by atoms with Gasteiger partial charge in [-0.3, -0.25) is 0 Å². The summed E-state index contributed by atoms with van der Waals surface area (Å²) in [6.07, 6.45) is 0. The zero-order valence-corrected chi connectivity index (χ0v) is 27.7. The van der Waals surface area contributed by atoms with Crippen LogP contribution in [-0.2, 0) is 0 Å². The summed E-state index contributed by atoms with van der Waals surface area (Å²) in [4.78, 5) is 14.8. The van der Waals surface area contributed by atoms with E-state index < -0.39 is 0 Å². The van der Waals surface area contributed by atoms with Gasteiger partial charge in [-0.1, -0.05) is 140 Å². The van der Waals surface area contributed by atoms with Crippen LogP contribution in [0, 0.1) is 0 Å². The third kappa shape index (κ3) is 4.71. The summed E-state index contributed by atoms with van der Waals surface area (Å²) < 4.78 is 4.86. The lowest BCUT2D eigenvalue weighted by atomic mass is 10.0. The third-order valence-corrected chi connectivity index (χ3v) is 10.6. The van der Waals surface area contributed by atoms with E-state index in [0.29, 0.717) is 17.5 Å². The molecule has 0 amide bonds. The molecule has 50 heavy (non-hydrogen) atoms.